The van der Waals surface area contributed by atoms with Crippen LogP contribution in [0.2, 0.25) is 0 Å². The van der Waals surface area contributed by atoms with E-state index in [4.69, 9.17) is 5.73 Å². The van der Waals surface area contributed by atoms with E-state index >= 15 is 0 Å². The second-order valence-corrected chi connectivity index (χ2v) is 5.52. The molecule has 4 rings (SSSR count). The Morgan fingerprint density at radius 1 is 1.42 bits per heavy atom. The summed E-state index contributed by atoms with van der Waals surface area (Å²) in [6.45, 7) is 2.65. The van der Waals surface area contributed by atoms with Gasteiger partial charge in [-0.1, -0.05) is 6.07 Å². The molecule has 0 radical (unpaired) electrons. The Bertz CT molecular complexity index is 499. The number of carbonyl (C=O) groups excluding carboxylic acids is 1. The van der Waals surface area contributed by atoms with Crippen molar-refractivity contribution in [1.82, 2.24) is 4.90 Å². The van der Waals surface area contributed by atoms with Crippen molar-refractivity contribution < 1.29 is 9.18 Å². The van der Waals surface area contributed by atoms with Gasteiger partial charge in [0.1, 0.15) is 11.4 Å². The molecule has 3 heterocycles. The number of amides is 1. The maximum Gasteiger partial charge on any atom is 0.244 e. The SMILES string of the molecule is NC(=O)C1(Nc2cccc(F)c2)CN2CCC1CC2. The van der Waals surface area contributed by atoms with Crippen LogP contribution in [0.3, 0.4) is 0 Å². The number of halogens is 1. The van der Waals surface area contributed by atoms with Gasteiger partial charge in [-0.2, -0.15) is 0 Å². The molecule has 0 aliphatic carbocycles. The van der Waals surface area contributed by atoms with E-state index in [1.54, 1.807) is 12.1 Å². The van der Waals surface area contributed by atoms with Crippen LogP contribution in [0.5, 0.6) is 0 Å². The predicted octanol–water partition coefficient (Wildman–Crippen LogP) is 1.19. The fourth-order valence-corrected chi connectivity index (χ4v) is 3.37. The maximum atomic E-state index is 13.3. The Balaban J connectivity index is 1.91. The van der Waals surface area contributed by atoms with Gasteiger partial charge in [-0.3, -0.25) is 4.79 Å². The molecule has 0 aromatic heterocycles. The van der Waals surface area contributed by atoms with Crippen LogP contribution in [0.4, 0.5) is 10.1 Å². The largest absolute Gasteiger partial charge is 0.370 e. The molecule has 2 bridgehead atoms. The molecule has 3 saturated heterocycles. The fraction of sp³-hybridized carbons (Fsp3) is 0.500. The molecule has 102 valence electrons. The average molecular weight is 263 g/mol. The number of primary amides is 1. The van der Waals surface area contributed by atoms with E-state index in [1.807, 2.05) is 0 Å². The van der Waals surface area contributed by atoms with Gasteiger partial charge in [-0.15, -0.1) is 0 Å². The summed E-state index contributed by atoms with van der Waals surface area (Å²) in [5.74, 6) is -0.421. The number of hydrogen-bond acceptors (Lipinski definition) is 3. The van der Waals surface area contributed by atoms with Crippen molar-refractivity contribution in [3.05, 3.63) is 30.1 Å². The summed E-state index contributed by atoms with van der Waals surface area (Å²) >= 11 is 0. The van der Waals surface area contributed by atoms with Gasteiger partial charge < -0.3 is 16.0 Å². The van der Waals surface area contributed by atoms with Crippen molar-refractivity contribution in [3.8, 4) is 0 Å². The van der Waals surface area contributed by atoms with Crippen molar-refractivity contribution in [2.45, 2.75) is 18.4 Å². The third-order valence-electron chi connectivity index (χ3n) is 4.39. The first-order valence-corrected chi connectivity index (χ1v) is 6.66. The lowest BCUT2D eigenvalue weighted by Crippen LogP contribution is -2.68. The van der Waals surface area contributed by atoms with Crippen LogP contribution in [-0.4, -0.2) is 36.0 Å². The summed E-state index contributed by atoms with van der Waals surface area (Å²) < 4.78 is 13.3. The smallest absolute Gasteiger partial charge is 0.244 e. The van der Waals surface area contributed by atoms with E-state index in [0.29, 0.717) is 12.2 Å². The van der Waals surface area contributed by atoms with Gasteiger partial charge in [0, 0.05) is 12.2 Å². The molecule has 5 heteroatoms. The monoisotopic (exact) mass is 263 g/mol. The molecule has 1 amide bonds. The van der Waals surface area contributed by atoms with Crippen LogP contribution in [-0.2, 0) is 4.79 Å². The Kier molecular flexibility index (Phi) is 2.93. The van der Waals surface area contributed by atoms with Crippen LogP contribution in [0.15, 0.2) is 24.3 Å². The van der Waals surface area contributed by atoms with Gasteiger partial charge in [0.25, 0.3) is 0 Å². The molecule has 3 fully saturated rings. The fourth-order valence-electron chi connectivity index (χ4n) is 3.37. The van der Waals surface area contributed by atoms with Crippen molar-refractivity contribution in [2.24, 2.45) is 11.7 Å². The molecule has 3 aliphatic rings. The number of anilines is 1. The standard InChI is InChI=1S/C14H18FN3O/c15-11-2-1-3-12(8-11)17-14(13(16)19)9-18-6-4-10(14)5-7-18/h1-3,8,10,17H,4-7,9H2,(H2,16,19). The third-order valence-corrected chi connectivity index (χ3v) is 4.39. The minimum atomic E-state index is -0.760. The first-order chi connectivity index (χ1) is 9.10. The van der Waals surface area contributed by atoms with Crippen molar-refractivity contribution >= 4 is 11.6 Å². The molecule has 19 heavy (non-hydrogen) atoms. The maximum absolute atomic E-state index is 13.3. The van der Waals surface area contributed by atoms with Crippen molar-refractivity contribution in [1.29, 1.82) is 0 Å². The molecule has 1 aromatic carbocycles. The van der Waals surface area contributed by atoms with Crippen LogP contribution >= 0.6 is 0 Å². The molecule has 1 unspecified atom stereocenters. The van der Waals surface area contributed by atoms with Crippen LogP contribution < -0.4 is 11.1 Å². The zero-order valence-electron chi connectivity index (χ0n) is 10.7. The number of hydrogen-bond donors (Lipinski definition) is 2. The molecule has 1 atom stereocenters. The highest BCUT2D eigenvalue weighted by Crippen LogP contribution is 2.38. The third kappa shape index (κ3) is 2.08. The second kappa shape index (κ2) is 4.49. The molecular weight excluding hydrogens is 245 g/mol. The number of rotatable bonds is 3. The highest BCUT2D eigenvalue weighted by molar-refractivity contribution is 5.89. The molecular formula is C14H18FN3O. The summed E-state index contributed by atoms with van der Waals surface area (Å²) in [6, 6.07) is 6.19. The number of nitrogens with one attached hydrogen (secondary N) is 1. The molecule has 0 spiro atoms. The predicted molar refractivity (Wildman–Crippen MR) is 71.1 cm³/mol. The van der Waals surface area contributed by atoms with Gasteiger partial charge in [0.2, 0.25) is 5.91 Å². The van der Waals surface area contributed by atoms with Gasteiger partial charge in [0.15, 0.2) is 0 Å². The molecule has 3 N–H and O–H groups in total. The minimum absolute atomic E-state index is 0.235. The van der Waals surface area contributed by atoms with Crippen LogP contribution in [0, 0.1) is 11.7 Å². The molecule has 4 nitrogen and oxygen atoms in total. The Hall–Kier alpha value is -1.62. The van der Waals surface area contributed by atoms with E-state index in [2.05, 4.69) is 10.2 Å². The number of carbonyl (C=O) groups is 1. The van der Waals surface area contributed by atoms with E-state index < -0.39 is 5.54 Å². The average Bonchev–Trinajstić information content (AvgIpc) is 2.40. The van der Waals surface area contributed by atoms with E-state index in [9.17, 15) is 9.18 Å². The normalized spacial score (nSPS) is 33.1. The highest BCUT2D eigenvalue weighted by Gasteiger charge is 2.51. The quantitative estimate of drug-likeness (QED) is 0.861. The first kappa shape index (κ1) is 12.4. The second-order valence-electron chi connectivity index (χ2n) is 5.52. The summed E-state index contributed by atoms with van der Waals surface area (Å²) in [5.41, 5.74) is 5.51. The van der Waals surface area contributed by atoms with Crippen LogP contribution in [0.1, 0.15) is 12.8 Å². The summed E-state index contributed by atoms with van der Waals surface area (Å²) in [7, 11) is 0. The Labute approximate surface area is 111 Å². The van der Waals surface area contributed by atoms with E-state index in [-0.39, 0.29) is 17.6 Å². The van der Waals surface area contributed by atoms with Gasteiger partial charge in [0.05, 0.1) is 0 Å². The molecule has 3 aliphatic heterocycles. The Morgan fingerprint density at radius 2 is 2.16 bits per heavy atom. The minimum Gasteiger partial charge on any atom is -0.370 e. The highest BCUT2D eigenvalue weighted by atomic mass is 19.1. The van der Waals surface area contributed by atoms with Gasteiger partial charge in [-0.05, 0) is 50.0 Å². The first-order valence-electron chi connectivity index (χ1n) is 6.66. The number of benzene rings is 1. The van der Waals surface area contributed by atoms with Gasteiger partial charge in [-0.25, -0.2) is 4.39 Å². The summed E-state index contributed by atoms with van der Waals surface area (Å²) in [6.07, 6.45) is 1.93. The summed E-state index contributed by atoms with van der Waals surface area (Å²) in [5, 5.41) is 3.21. The number of nitrogens with zero attached hydrogens (tertiary/aromatic N) is 1. The topological polar surface area (TPSA) is 58.4 Å². The zero-order valence-corrected chi connectivity index (χ0v) is 10.7. The molecule has 1 aromatic rings. The van der Waals surface area contributed by atoms with Crippen molar-refractivity contribution in [3.63, 3.8) is 0 Å². The lowest BCUT2D eigenvalue weighted by molar-refractivity contribution is -0.128. The van der Waals surface area contributed by atoms with E-state index in [0.717, 1.165) is 25.9 Å². The number of nitrogens with two attached hydrogens (primary N) is 1. The van der Waals surface area contributed by atoms with Gasteiger partial charge >= 0.3 is 0 Å². The number of fused-ring (bicyclic) bond motifs is 3. The number of piperidine rings is 3. The van der Waals surface area contributed by atoms with Crippen molar-refractivity contribution in [2.75, 3.05) is 25.0 Å². The lowest BCUT2D eigenvalue weighted by atomic mass is 9.72. The Morgan fingerprint density at radius 3 is 2.68 bits per heavy atom. The lowest BCUT2D eigenvalue weighted by Gasteiger charge is -2.52. The van der Waals surface area contributed by atoms with Crippen LogP contribution in [0.25, 0.3) is 0 Å². The van der Waals surface area contributed by atoms with E-state index in [1.165, 1.54) is 12.1 Å². The molecule has 0 saturated carbocycles. The zero-order chi connectivity index (χ0) is 13.5. The summed E-state index contributed by atoms with van der Waals surface area (Å²) in [4.78, 5) is 14.2.